The summed E-state index contributed by atoms with van der Waals surface area (Å²) in [4.78, 5) is 0. The molecule has 3 heteroatoms. The minimum Gasteiger partial charge on any atom is -0.459 e. The van der Waals surface area contributed by atoms with Crippen molar-refractivity contribution in [3.63, 3.8) is 0 Å². The topological polar surface area (TPSA) is 25.2 Å². The van der Waals surface area contributed by atoms with Gasteiger partial charge in [-0.2, -0.15) is 0 Å². The molecule has 4 rings (SSSR count). The van der Waals surface area contributed by atoms with Gasteiger partial charge in [-0.05, 0) is 47.3 Å². The van der Waals surface area contributed by atoms with Crippen LogP contribution in [0.1, 0.15) is 11.3 Å². The van der Waals surface area contributed by atoms with Crippen LogP contribution in [-0.2, 0) is 6.54 Å². The predicted octanol–water partition coefficient (Wildman–Crippen LogP) is 4.31. The molecule has 0 aliphatic carbocycles. The van der Waals surface area contributed by atoms with Crippen LogP contribution in [0.25, 0.3) is 27.8 Å². The van der Waals surface area contributed by atoms with Gasteiger partial charge in [0.05, 0.1) is 6.54 Å². The number of nitrogens with one attached hydrogen (secondary N) is 1. The maximum atomic E-state index is 6.04. The Bertz CT molecular complexity index is 801. The first-order valence-corrected chi connectivity index (χ1v) is 6.24. The fourth-order valence-electron chi connectivity index (χ4n) is 2.49. The van der Waals surface area contributed by atoms with E-state index in [1.54, 1.807) is 0 Å². The third-order valence-electron chi connectivity index (χ3n) is 3.35. The molecule has 0 amide bonds. The number of fused-ring (bicyclic) bond motifs is 4. The second-order valence-electron chi connectivity index (χ2n) is 4.49. The standard InChI is InChI=1S/C15H10ClNO/c16-11-2-1-9-7-14-13(6-10(9)5-11)12-3-4-17-8-15(12)18-14/h1-7,17H,8H2. The van der Waals surface area contributed by atoms with Crippen LogP contribution in [0.2, 0.25) is 5.02 Å². The van der Waals surface area contributed by atoms with Crippen molar-refractivity contribution < 1.29 is 4.42 Å². The number of benzene rings is 2. The van der Waals surface area contributed by atoms with E-state index in [1.807, 2.05) is 24.4 Å². The largest absolute Gasteiger partial charge is 0.459 e. The molecule has 3 aromatic rings. The van der Waals surface area contributed by atoms with E-state index in [0.29, 0.717) is 0 Å². The average Bonchev–Trinajstić information content (AvgIpc) is 2.74. The molecular weight excluding hydrogens is 246 g/mol. The maximum Gasteiger partial charge on any atom is 0.135 e. The molecule has 1 aromatic heterocycles. The summed E-state index contributed by atoms with van der Waals surface area (Å²) < 4.78 is 5.88. The van der Waals surface area contributed by atoms with Crippen LogP contribution in [0.4, 0.5) is 0 Å². The zero-order valence-electron chi connectivity index (χ0n) is 9.53. The number of furan rings is 1. The van der Waals surface area contributed by atoms with Crippen LogP contribution in [0.5, 0.6) is 0 Å². The van der Waals surface area contributed by atoms with Gasteiger partial charge in [0, 0.05) is 16.0 Å². The van der Waals surface area contributed by atoms with Gasteiger partial charge in [-0.3, -0.25) is 0 Å². The molecule has 0 atom stereocenters. The van der Waals surface area contributed by atoms with Crippen LogP contribution in [-0.4, -0.2) is 0 Å². The number of halogens is 1. The molecule has 0 saturated heterocycles. The van der Waals surface area contributed by atoms with Crippen molar-refractivity contribution in [2.24, 2.45) is 0 Å². The third kappa shape index (κ3) is 1.36. The molecular formula is C15H10ClNO. The first kappa shape index (κ1) is 10.0. The molecule has 0 fully saturated rings. The van der Waals surface area contributed by atoms with Crippen LogP contribution >= 0.6 is 11.6 Å². The predicted molar refractivity (Wildman–Crippen MR) is 74.6 cm³/mol. The second-order valence-corrected chi connectivity index (χ2v) is 4.93. The lowest BCUT2D eigenvalue weighted by molar-refractivity contribution is 0.533. The average molecular weight is 256 g/mol. The van der Waals surface area contributed by atoms with Crippen molar-refractivity contribution in [2.75, 3.05) is 0 Å². The summed E-state index contributed by atoms with van der Waals surface area (Å²) in [5.74, 6) is 0.994. The van der Waals surface area contributed by atoms with Crippen LogP contribution in [0.3, 0.4) is 0 Å². The van der Waals surface area contributed by atoms with Gasteiger partial charge in [0.15, 0.2) is 0 Å². The summed E-state index contributed by atoms with van der Waals surface area (Å²) in [5.41, 5.74) is 2.11. The van der Waals surface area contributed by atoms with Gasteiger partial charge in [0.25, 0.3) is 0 Å². The normalized spacial score (nSPS) is 13.8. The Morgan fingerprint density at radius 1 is 1.11 bits per heavy atom. The lowest BCUT2D eigenvalue weighted by Gasteiger charge is -2.04. The van der Waals surface area contributed by atoms with Gasteiger partial charge in [-0.25, -0.2) is 0 Å². The fraction of sp³-hybridized carbons (Fsp3) is 0.0667. The molecule has 1 aliphatic heterocycles. The molecule has 0 saturated carbocycles. The fourth-order valence-corrected chi connectivity index (χ4v) is 2.67. The summed E-state index contributed by atoms with van der Waals surface area (Å²) in [7, 11) is 0. The molecule has 88 valence electrons. The molecule has 1 N–H and O–H groups in total. The molecule has 2 aromatic carbocycles. The Labute approximate surface area is 109 Å². The molecule has 0 radical (unpaired) electrons. The summed E-state index contributed by atoms with van der Waals surface area (Å²) in [6.07, 6.45) is 4.01. The molecule has 0 spiro atoms. The van der Waals surface area contributed by atoms with E-state index in [0.717, 1.165) is 39.1 Å². The van der Waals surface area contributed by atoms with Gasteiger partial charge >= 0.3 is 0 Å². The van der Waals surface area contributed by atoms with Crippen molar-refractivity contribution in [3.05, 3.63) is 52.9 Å². The highest BCUT2D eigenvalue weighted by atomic mass is 35.5. The number of hydrogen-bond donors (Lipinski definition) is 1. The van der Waals surface area contributed by atoms with Crippen molar-refractivity contribution >= 4 is 39.4 Å². The van der Waals surface area contributed by atoms with Gasteiger partial charge < -0.3 is 9.73 Å². The quantitative estimate of drug-likeness (QED) is 0.647. The van der Waals surface area contributed by atoms with Crippen molar-refractivity contribution in [2.45, 2.75) is 6.54 Å². The third-order valence-corrected chi connectivity index (χ3v) is 3.59. The molecule has 2 heterocycles. The summed E-state index contributed by atoms with van der Waals surface area (Å²) in [6.45, 7) is 0.748. The van der Waals surface area contributed by atoms with E-state index in [9.17, 15) is 0 Å². The Balaban J connectivity index is 2.13. The minimum atomic E-state index is 0.748. The van der Waals surface area contributed by atoms with Crippen LogP contribution in [0.15, 0.2) is 40.9 Å². The number of rotatable bonds is 0. The number of hydrogen-bond acceptors (Lipinski definition) is 2. The zero-order chi connectivity index (χ0) is 12.1. The van der Waals surface area contributed by atoms with Gasteiger partial charge in [-0.15, -0.1) is 0 Å². The van der Waals surface area contributed by atoms with Crippen LogP contribution < -0.4 is 5.32 Å². The van der Waals surface area contributed by atoms with E-state index in [-0.39, 0.29) is 0 Å². The van der Waals surface area contributed by atoms with Crippen molar-refractivity contribution in [1.29, 1.82) is 0 Å². The van der Waals surface area contributed by atoms with Gasteiger partial charge in [0.2, 0.25) is 0 Å². The Hall–Kier alpha value is -1.93. The van der Waals surface area contributed by atoms with Gasteiger partial charge in [-0.1, -0.05) is 17.7 Å². The van der Waals surface area contributed by atoms with Crippen molar-refractivity contribution in [3.8, 4) is 0 Å². The molecule has 0 bridgehead atoms. The Morgan fingerprint density at radius 3 is 3.00 bits per heavy atom. The monoisotopic (exact) mass is 255 g/mol. The van der Waals surface area contributed by atoms with E-state index < -0.39 is 0 Å². The highest BCUT2D eigenvalue weighted by molar-refractivity contribution is 6.31. The Morgan fingerprint density at radius 2 is 2.06 bits per heavy atom. The Kier molecular flexibility index (Phi) is 1.97. The summed E-state index contributed by atoms with van der Waals surface area (Å²) >= 11 is 6.04. The second kappa shape index (κ2) is 3.53. The lowest BCUT2D eigenvalue weighted by Crippen LogP contribution is -2.07. The minimum absolute atomic E-state index is 0.748. The molecule has 2 nitrogen and oxygen atoms in total. The van der Waals surface area contributed by atoms with E-state index in [1.165, 1.54) is 5.56 Å². The highest BCUT2D eigenvalue weighted by Crippen LogP contribution is 2.33. The van der Waals surface area contributed by atoms with Crippen LogP contribution in [0, 0.1) is 0 Å². The van der Waals surface area contributed by atoms with E-state index in [4.69, 9.17) is 16.0 Å². The molecule has 0 unspecified atom stereocenters. The van der Waals surface area contributed by atoms with E-state index >= 15 is 0 Å². The summed E-state index contributed by atoms with van der Waals surface area (Å²) in [6, 6.07) is 10.1. The zero-order valence-corrected chi connectivity index (χ0v) is 10.3. The lowest BCUT2D eigenvalue weighted by atomic mass is 10.0. The first-order valence-electron chi connectivity index (χ1n) is 5.86. The smallest absolute Gasteiger partial charge is 0.135 e. The molecule has 18 heavy (non-hydrogen) atoms. The van der Waals surface area contributed by atoms with Crippen molar-refractivity contribution in [1.82, 2.24) is 5.32 Å². The first-order chi connectivity index (χ1) is 8.81. The van der Waals surface area contributed by atoms with Gasteiger partial charge in [0.1, 0.15) is 11.3 Å². The SMILES string of the molecule is Clc1ccc2cc3oc4c(c3cc2c1)C=CNC4. The van der Waals surface area contributed by atoms with E-state index in [2.05, 4.69) is 23.5 Å². The maximum absolute atomic E-state index is 6.04. The highest BCUT2D eigenvalue weighted by Gasteiger charge is 2.14. The summed E-state index contributed by atoms with van der Waals surface area (Å²) in [5, 5.41) is 7.36. The molecule has 1 aliphatic rings.